The van der Waals surface area contributed by atoms with Crippen molar-refractivity contribution in [2.75, 3.05) is 40.9 Å². The van der Waals surface area contributed by atoms with Crippen LogP contribution in [0.25, 0.3) is 0 Å². The Labute approximate surface area is 110 Å². The van der Waals surface area contributed by atoms with Gasteiger partial charge in [0.15, 0.2) is 0 Å². The van der Waals surface area contributed by atoms with Gasteiger partial charge in [-0.25, -0.2) is 0 Å². The van der Waals surface area contributed by atoms with Gasteiger partial charge in [0.1, 0.15) is 0 Å². The fourth-order valence-electron chi connectivity index (χ4n) is 1.76. The summed E-state index contributed by atoms with van der Waals surface area (Å²) in [6.07, 6.45) is 0. The smallest absolute Gasteiger partial charge is 0.0713 e. The van der Waals surface area contributed by atoms with E-state index in [1.807, 2.05) is 38.4 Å². The van der Waals surface area contributed by atoms with Gasteiger partial charge in [-0.2, -0.15) is 0 Å². The zero-order chi connectivity index (χ0) is 13.4. The second-order valence-corrected chi connectivity index (χ2v) is 4.67. The molecule has 1 rings (SSSR count). The number of likely N-dealkylation sites (N-methyl/N-ethyl adjacent to an activating group) is 1. The number of aliphatic hydroxyl groups is 1. The molecule has 1 aromatic rings. The van der Waals surface area contributed by atoms with Gasteiger partial charge >= 0.3 is 0 Å². The monoisotopic (exact) mass is 252 g/mol. The van der Waals surface area contributed by atoms with E-state index in [0.29, 0.717) is 6.61 Å². The number of methoxy groups -OCH3 is 1. The Morgan fingerprint density at radius 1 is 1.28 bits per heavy atom. The molecular formula is C14H24N2O2. The van der Waals surface area contributed by atoms with Crippen molar-refractivity contribution < 1.29 is 9.84 Å². The van der Waals surface area contributed by atoms with Crippen molar-refractivity contribution in [3.8, 4) is 0 Å². The van der Waals surface area contributed by atoms with E-state index in [1.54, 1.807) is 7.11 Å². The predicted octanol–water partition coefficient (Wildman–Crippen LogP) is 1.02. The highest BCUT2D eigenvalue weighted by atomic mass is 16.5. The van der Waals surface area contributed by atoms with Crippen molar-refractivity contribution in [3.05, 3.63) is 35.4 Å². The topological polar surface area (TPSA) is 44.7 Å². The van der Waals surface area contributed by atoms with E-state index in [2.05, 4.69) is 10.2 Å². The van der Waals surface area contributed by atoms with E-state index >= 15 is 0 Å². The molecule has 0 aliphatic rings. The van der Waals surface area contributed by atoms with Crippen molar-refractivity contribution in [1.29, 1.82) is 0 Å². The fraction of sp³-hybridized carbons (Fsp3) is 0.571. The van der Waals surface area contributed by atoms with Crippen LogP contribution in [0.15, 0.2) is 24.3 Å². The van der Waals surface area contributed by atoms with Crippen LogP contribution in [0.1, 0.15) is 17.2 Å². The summed E-state index contributed by atoms with van der Waals surface area (Å²) in [5, 5.41) is 12.8. The number of rotatable bonds is 8. The number of hydrogen-bond donors (Lipinski definition) is 2. The Morgan fingerprint density at radius 3 is 2.44 bits per heavy atom. The lowest BCUT2D eigenvalue weighted by Gasteiger charge is -2.18. The molecular weight excluding hydrogens is 228 g/mol. The highest BCUT2D eigenvalue weighted by Crippen LogP contribution is 2.13. The minimum Gasteiger partial charge on any atom is -0.394 e. The van der Waals surface area contributed by atoms with Gasteiger partial charge in [-0.05, 0) is 25.2 Å². The first-order valence-electron chi connectivity index (χ1n) is 6.24. The second kappa shape index (κ2) is 8.21. The van der Waals surface area contributed by atoms with E-state index in [0.717, 1.165) is 24.2 Å². The third kappa shape index (κ3) is 5.14. The van der Waals surface area contributed by atoms with Crippen LogP contribution in [0.5, 0.6) is 0 Å². The molecule has 4 heteroatoms. The molecule has 1 atom stereocenters. The van der Waals surface area contributed by atoms with Crippen LogP contribution in [0.2, 0.25) is 0 Å². The van der Waals surface area contributed by atoms with Crippen LogP contribution < -0.4 is 5.32 Å². The average molecular weight is 252 g/mol. The maximum atomic E-state index is 9.42. The second-order valence-electron chi connectivity index (χ2n) is 4.67. The number of nitrogens with one attached hydrogen (secondary N) is 1. The van der Waals surface area contributed by atoms with Crippen molar-refractivity contribution >= 4 is 0 Å². The lowest BCUT2D eigenvalue weighted by atomic mass is 10.1. The van der Waals surface area contributed by atoms with Crippen molar-refractivity contribution in [2.24, 2.45) is 0 Å². The maximum absolute atomic E-state index is 9.42. The molecule has 4 nitrogen and oxygen atoms in total. The zero-order valence-electron chi connectivity index (χ0n) is 11.5. The standard InChI is InChI=1S/C14H24N2O2/c1-16(2)9-8-15-14(10-17)13-6-4-12(5-7-13)11-18-3/h4-7,14-15,17H,8-11H2,1-3H3. The quantitative estimate of drug-likeness (QED) is 0.725. The largest absolute Gasteiger partial charge is 0.394 e. The highest BCUT2D eigenvalue weighted by Gasteiger charge is 2.09. The van der Waals surface area contributed by atoms with E-state index in [4.69, 9.17) is 4.74 Å². The summed E-state index contributed by atoms with van der Waals surface area (Å²) in [4.78, 5) is 2.11. The van der Waals surface area contributed by atoms with Crippen LogP contribution >= 0.6 is 0 Å². The van der Waals surface area contributed by atoms with Crippen molar-refractivity contribution in [1.82, 2.24) is 10.2 Å². The number of nitrogens with zero attached hydrogens (tertiary/aromatic N) is 1. The van der Waals surface area contributed by atoms with Gasteiger partial charge in [-0.1, -0.05) is 24.3 Å². The first kappa shape index (κ1) is 15.1. The molecule has 102 valence electrons. The van der Waals surface area contributed by atoms with Crippen molar-refractivity contribution in [2.45, 2.75) is 12.6 Å². The molecule has 0 spiro atoms. The Morgan fingerprint density at radius 2 is 1.94 bits per heavy atom. The van der Waals surface area contributed by atoms with Crippen LogP contribution in [-0.2, 0) is 11.3 Å². The summed E-state index contributed by atoms with van der Waals surface area (Å²) in [6.45, 7) is 2.55. The summed E-state index contributed by atoms with van der Waals surface area (Å²) in [7, 11) is 5.76. The first-order chi connectivity index (χ1) is 8.67. The number of ether oxygens (including phenoxy) is 1. The Bertz CT molecular complexity index is 325. The normalized spacial score (nSPS) is 12.9. The van der Waals surface area contributed by atoms with E-state index in [9.17, 15) is 5.11 Å². The molecule has 0 saturated carbocycles. The van der Waals surface area contributed by atoms with E-state index < -0.39 is 0 Å². The minimum atomic E-state index is 0.00143. The number of benzene rings is 1. The third-order valence-corrected chi connectivity index (χ3v) is 2.83. The maximum Gasteiger partial charge on any atom is 0.0713 e. The van der Waals surface area contributed by atoms with Gasteiger partial charge in [0.2, 0.25) is 0 Å². The van der Waals surface area contributed by atoms with Crippen LogP contribution in [0, 0.1) is 0 Å². The number of aliphatic hydroxyl groups excluding tert-OH is 1. The number of hydrogen-bond acceptors (Lipinski definition) is 4. The highest BCUT2D eigenvalue weighted by molar-refractivity contribution is 5.24. The van der Waals surface area contributed by atoms with Gasteiger partial charge in [0.05, 0.1) is 19.3 Å². The molecule has 1 unspecified atom stereocenters. The summed E-state index contributed by atoms with van der Waals surface area (Å²) >= 11 is 0. The molecule has 0 amide bonds. The van der Waals surface area contributed by atoms with Crippen LogP contribution in [0.4, 0.5) is 0 Å². The molecule has 0 aliphatic carbocycles. The molecule has 0 saturated heterocycles. The van der Waals surface area contributed by atoms with E-state index in [1.165, 1.54) is 0 Å². The zero-order valence-corrected chi connectivity index (χ0v) is 11.5. The first-order valence-corrected chi connectivity index (χ1v) is 6.24. The summed E-state index contributed by atoms with van der Waals surface area (Å²) < 4.78 is 5.08. The fourth-order valence-corrected chi connectivity index (χ4v) is 1.76. The van der Waals surface area contributed by atoms with Crippen LogP contribution in [0.3, 0.4) is 0 Å². The lowest BCUT2D eigenvalue weighted by molar-refractivity contribution is 0.185. The molecule has 0 bridgehead atoms. The van der Waals surface area contributed by atoms with Gasteiger partial charge < -0.3 is 20.1 Å². The molecule has 0 fully saturated rings. The van der Waals surface area contributed by atoms with Gasteiger partial charge in [0, 0.05) is 20.2 Å². The molecule has 2 N–H and O–H groups in total. The Hall–Kier alpha value is -0.940. The third-order valence-electron chi connectivity index (χ3n) is 2.83. The molecule has 0 aliphatic heterocycles. The molecule has 0 aromatic heterocycles. The van der Waals surface area contributed by atoms with Gasteiger partial charge in [0.25, 0.3) is 0 Å². The summed E-state index contributed by atoms with van der Waals surface area (Å²) in [5.41, 5.74) is 2.25. The minimum absolute atomic E-state index is 0.00143. The Kier molecular flexibility index (Phi) is 6.90. The van der Waals surface area contributed by atoms with Crippen LogP contribution in [-0.4, -0.2) is 50.9 Å². The predicted molar refractivity (Wildman–Crippen MR) is 73.5 cm³/mol. The van der Waals surface area contributed by atoms with Crippen molar-refractivity contribution in [3.63, 3.8) is 0 Å². The SMILES string of the molecule is COCc1ccc(C(CO)NCCN(C)C)cc1. The molecule has 18 heavy (non-hydrogen) atoms. The molecule has 1 aromatic carbocycles. The van der Waals surface area contributed by atoms with Gasteiger partial charge in [-0.3, -0.25) is 0 Å². The average Bonchev–Trinajstić information content (AvgIpc) is 2.36. The van der Waals surface area contributed by atoms with Gasteiger partial charge in [-0.15, -0.1) is 0 Å². The van der Waals surface area contributed by atoms with E-state index in [-0.39, 0.29) is 12.6 Å². The molecule has 0 heterocycles. The lowest BCUT2D eigenvalue weighted by Crippen LogP contribution is -2.31. The molecule has 0 radical (unpaired) electrons. The summed E-state index contributed by atoms with van der Waals surface area (Å²) in [6, 6.07) is 8.15. The summed E-state index contributed by atoms with van der Waals surface area (Å²) in [5.74, 6) is 0. The Balaban J connectivity index is 2.53.